The first kappa shape index (κ1) is 22.9. The molecule has 0 spiro atoms. The van der Waals surface area contributed by atoms with Gasteiger partial charge in [-0.15, -0.1) is 0 Å². The van der Waals surface area contributed by atoms with E-state index in [1.54, 1.807) is 32.0 Å². The molecule has 0 unspecified atom stereocenters. The molecule has 0 bridgehead atoms. The van der Waals surface area contributed by atoms with E-state index in [1.807, 2.05) is 24.3 Å². The van der Waals surface area contributed by atoms with E-state index >= 15 is 0 Å². The van der Waals surface area contributed by atoms with E-state index in [0.717, 1.165) is 10.0 Å². The van der Waals surface area contributed by atoms with E-state index in [9.17, 15) is 4.79 Å². The van der Waals surface area contributed by atoms with Gasteiger partial charge in [0.15, 0.2) is 17.9 Å². The number of carbonyl (C=O) groups excluding carboxylic acids is 1. The summed E-state index contributed by atoms with van der Waals surface area (Å²) >= 11 is 22.2. The number of aromatic nitrogens is 1. The number of carbonyl (C=O) groups is 1. The van der Waals surface area contributed by atoms with Gasteiger partial charge in [0.2, 0.25) is 5.89 Å². The van der Waals surface area contributed by atoms with Gasteiger partial charge in [-0.25, -0.2) is 4.98 Å². The molecule has 1 aromatic heterocycles. The standard InChI is InChI=1S/C23H16BrCl3N2O3/c1-11-19(25)12(2)21(27)22(20(11)26)31-10-18(30)28-15-6-7-17-16(9-15)29-23(32-17)13-4-3-5-14(24)8-13/h3-9H,10H2,1-2H3,(H,28,30). The van der Waals surface area contributed by atoms with Crippen LogP contribution in [0.25, 0.3) is 22.6 Å². The summed E-state index contributed by atoms with van der Waals surface area (Å²) < 4.78 is 12.4. The van der Waals surface area contributed by atoms with E-state index in [0.29, 0.717) is 38.8 Å². The Kier molecular flexibility index (Phi) is 6.67. The Morgan fingerprint density at radius 2 is 1.78 bits per heavy atom. The molecule has 5 nitrogen and oxygen atoms in total. The number of fused-ring (bicyclic) bond motifs is 1. The molecule has 4 rings (SSSR count). The van der Waals surface area contributed by atoms with Gasteiger partial charge in [0.1, 0.15) is 5.52 Å². The highest BCUT2D eigenvalue weighted by Crippen LogP contribution is 2.42. The largest absolute Gasteiger partial charge is 0.481 e. The summed E-state index contributed by atoms with van der Waals surface area (Å²) in [5, 5.41) is 3.81. The minimum absolute atomic E-state index is 0.230. The Bertz CT molecular complexity index is 1330. The summed E-state index contributed by atoms with van der Waals surface area (Å²) in [5.41, 5.74) is 3.91. The van der Waals surface area contributed by atoms with E-state index in [1.165, 1.54) is 0 Å². The predicted molar refractivity (Wildman–Crippen MR) is 132 cm³/mol. The van der Waals surface area contributed by atoms with Crippen molar-refractivity contribution in [2.45, 2.75) is 13.8 Å². The Hall–Kier alpha value is -2.25. The summed E-state index contributed by atoms with van der Waals surface area (Å²) in [6.07, 6.45) is 0. The molecule has 0 saturated heterocycles. The fourth-order valence-corrected chi connectivity index (χ4v) is 4.34. The van der Waals surface area contributed by atoms with Crippen LogP contribution < -0.4 is 10.1 Å². The Morgan fingerprint density at radius 3 is 2.47 bits per heavy atom. The molecule has 1 N–H and O–H groups in total. The van der Waals surface area contributed by atoms with Crippen LogP contribution in [-0.2, 0) is 4.79 Å². The number of nitrogens with zero attached hydrogens (tertiary/aromatic N) is 1. The predicted octanol–water partition coefficient (Wildman–Crippen LogP) is 7.85. The number of hydrogen-bond acceptors (Lipinski definition) is 4. The van der Waals surface area contributed by atoms with Crippen LogP contribution in [0.1, 0.15) is 11.1 Å². The van der Waals surface area contributed by atoms with Gasteiger partial charge in [-0.3, -0.25) is 4.79 Å². The van der Waals surface area contributed by atoms with Gasteiger partial charge in [0, 0.05) is 20.7 Å². The van der Waals surface area contributed by atoms with Gasteiger partial charge in [0.25, 0.3) is 5.91 Å². The number of amides is 1. The van der Waals surface area contributed by atoms with Gasteiger partial charge in [-0.1, -0.05) is 56.8 Å². The highest BCUT2D eigenvalue weighted by atomic mass is 79.9. The molecule has 0 atom stereocenters. The fourth-order valence-electron chi connectivity index (χ4n) is 3.12. The van der Waals surface area contributed by atoms with E-state index < -0.39 is 0 Å². The maximum atomic E-state index is 12.4. The maximum absolute atomic E-state index is 12.4. The highest BCUT2D eigenvalue weighted by molar-refractivity contribution is 9.10. The van der Waals surface area contributed by atoms with Crippen molar-refractivity contribution < 1.29 is 13.9 Å². The molecule has 0 aliphatic heterocycles. The Labute approximate surface area is 207 Å². The first-order chi connectivity index (χ1) is 15.2. The second-order valence-corrected chi connectivity index (χ2v) is 9.12. The third-order valence-corrected chi connectivity index (χ3v) is 6.78. The monoisotopic (exact) mass is 552 g/mol. The lowest BCUT2D eigenvalue weighted by atomic mass is 10.1. The van der Waals surface area contributed by atoms with Gasteiger partial charge < -0.3 is 14.5 Å². The number of halogens is 4. The van der Waals surface area contributed by atoms with Crippen molar-refractivity contribution in [3.63, 3.8) is 0 Å². The maximum Gasteiger partial charge on any atom is 0.262 e. The number of nitrogens with one attached hydrogen (secondary N) is 1. The molecule has 4 aromatic rings. The molecule has 164 valence electrons. The summed E-state index contributed by atoms with van der Waals surface area (Å²) in [6.45, 7) is 3.24. The van der Waals surface area contributed by atoms with Gasteiger partial charge >= 0.3 is 0 Å². The molecule has 1 heterocycles. The first-order valence-corrected chi connectivity index (χ1v) is 11.4. The van der Waals surface area contributed by atoms with Crippen LogP contribution >= 0.6 is 50.7 Å². The molecule has 0 aliphatic carbocycles. The zero-order chi connectivity index (χ0) is 23.0. The SMILES string of the molecule is Cc1c(Cl)c(C)c(Cl)c(OCC(=O)Nc2ccc3oc(-c4cccc(Br)c4)nc3c2)c1Cl. The first-order valence-electron chi connectivity index (χ1n) is 9.47. The molecule has 1 amide bonds. The van der Waals surface area contributed by atoms with Crippen molar-refractivity contribution in [1.82, 2.24) is 4.98 Å². The van der Waals surface area contributed by atoms with E-state index in [2.05, 4.69) is 26.2 Å². The van der Waals surface area contributed by atoms with Crippen LogP contribution in [0.5, 0.6) is 5.75 Å². The van der Waals surface area contributed by atoms with Crippen molar-refractivity contribution >= 4 is 73.4 Å². The third kappa shape index (κ3) is 4.59. The number of anilines is 1. The summed E-state index contributed by atoms with van der Waals surface area (Å²) in [4.78, 5) is 17.0. The fraction of sp³-hybridized carbons (Fsp3) is 0.130. The number of benzene rings is 3. The lowest BCUT2D eigenvalue weighted by molar-refractivity contribution is -0.118. The van der Waals surface area contributed by atoms with Gasteiger partial charge in [0.05, 0.1) is 10.0 Å². The lowest BCUT2D eigenvalue weighted by Gasteiger charge is -2.15. The zero-order valence-corrected chi connectivity index (χ0v) is 20.8. The average Bonchev–Trinajstić information content (AvgIpc) is 3.20. The van der Waals surface area contributed by atoms with Crippen LogP contribution in [0.15, 0.2) is 51.4 Å². The van der Waals surface area contributed by atoms with Crippen molar-refractivity contribution in [2.24, 2.45) is 0 Å². The number of hydrogen-bond donors (Lipinski definition) is 1. The molecule has 0 radical (unpaired) electrons. The average molecular weight is 555 g/mol. The van der Waals surface area contributed by atoms with Crippen molar-refractivity contribution in [3.05, 3.63) is 73.1 Å². The molecular formula is C23H16BrCl3N2O3. The van der Waals surface area contributed by atoms with Gasteiger partial charge in [-0.2, -0.15) is 0 Å². The summed E-state index contributed by atoms with van der Waals surface area (Å²) in [6, 6.07) is 12.9. The molecular weight excluding hydrogens is 539 g/mol. The molecule has 0 fully saturated rings. The normalized spacial score (nSPS) is 11.1. The van der Waals surface area contributed by atoms with Crippen molar-refractivity contribution in [2.75, 3.05) is 11.9 Å². The lowest BCUT2D eigenvalue weighted by Crippen LogP contribution is -2.20. The Morgan fingerprint density at radius 1 is 1.06 bits per heavy atom. The summed E-state index contributed by atoms with van der Waals surface area (Å²) in [7, 11) is 0. The van der Waals surface area contributed by atoms with Crippen LogP contribution in [0, 0.1) is 13.8 Å². The van der Waals surface area contributed by atoms with Crippen LogP contribution in [-0.4, -0.2) is 17.5 Å². The van der Waals surface area contributed by atoms with Gasteiger partial charge in [-0.05, 0) is 61.4 Å². The number of ether oxygens (including phenoxy) is 1. The topological polar surface area (TPSA) is 64.4 Å². The van der Waals surface area contributed by atoms with E-state index in [4.69, 9.17) is 44.0 Å². The highest BCUT2D eigenvalue weighted by Gasteiger charge is 2.19. The van der Waals surface area contributed by atoms with Crippen LogP contribution in [0.2, 0.25) is 15.1 Å². The molecule has 0 aliphatic rings. The molecule has 3 aromatic carbocycles. The Balaban J connectivity index is 1.49. The minimum Gasteiger partial charge on any atom is -0.481 e. The number of oxazole rings is 1. The van der Waals surface area contributed by atoms with Crippen molar-refractivity contribution in [1.29, 1.82) is 0 Å². The zero-order valence-electron chi connectivity index (χ0n) is 16.9. The minimum atomic E-state index is -0.377. The third-order valence-electron chi connectivity index (χ3n) is 4.81. The quantitative estimate of drug-likeness (QED) is 0.273. The van der Waals surface area contributed by atoms with E-state index in [-0.39, 0.29) is 28.3 Å². The molecule has 9 heteroatoms. The summed E-state index contributed by atoms with van der Waals surface area (Å²) in [5.74, 6) is 0.344. The second kappa shape index (κ2) is 9.32. The molecule has 0 saturated carbocycles. The van der Waals surface area contributed by atoms with Crippen LogP contribution in [0.3, 0.4) is 0 Å². The number of rotatable bonds is 5. The van der Waals surface area contributed by atoms with Crippen molar-refractivity contribution in [3.8, 4) is 17.2 Å². The smallest absolute Gasteiger partial charge is 0.262 e. The second-order valence-electron chi connectivity index (χ2n) is 7.07. The van der Waals surface area contributed by atoms with Crippen LogP contribution in [0.4, 0.5) is 5.69 Å². The molecule has 32 heavy (non-hydrogen) atoms.